The van der Waals surface area contributed by atoms with Crippen molar-refractivity contribution in [3.05, 3.63) is 88.5 Å². The molecule has 3 aromatic heterocycles. The minimum Gasteiger partial charge on any atom is -0.481 e. The van der Waals surface area contributed by atoms with Crippen molar-refractivity contribution in [3.63, 3.8) is 0 Å². The van der Waals surface area contributed by atoms with E-state index in [1.807, 2.05) is 57.2 Å². The molecular weight excluding hydrogens is 540 g/mol. The Hall–Kier alpha value is -4.98. The summed E-state index contributed by atoms with van der Waals surface area (Å²) in [5, 5.41) is 18.9. The number of aromatic amines is 2. The zero-order valence-electron chi connectivity index (χ0n) is 25.0. The fraction of sp³-hybridized carbons (Fsp3) is 0.257. The van der Waals surface area contributed by atoms with Gasteiger partial charge in [0.15, 0.2) is 0 Å². The molecule has 5 rings (SSSR count). The zero-order valence-corrected chi connectivity index (χ0v) is 25.0. The molecular formula is C35H36N4O4. The van der Waals surface area contributed by atoms with Gasteiger partial charge in [-0.25, -0.2) is 9.97 Å². The van der Waals surface area contributed by atoms with E-state index >= 15 is 0 Å². The lowest BCUT2D eigenvalue weighted by molar-refractivity contribution is -0.137. The predicted molar refractivity (Wildman–Crippen MR) is 173 cm³/mol. The van der Waals surface area contributed by atoms with Gasteiger partial charge < -0.3 is 20.2 Å². The average molecular weight is 577 g/mol. The van der Waals surface area contributed by atoms with Crippen LogP contribution < -0.4 is 0 Å². The first-order valence-corrected chi connectivity index (χ1v) is 14.4. The Bertz CT molecular complexity index is 1930. The normalized spacial score (nSPS) is 13.0. The van der Waals surface area contributed by atoms with Crippen LogP contribution >= 0.6 is 0 Å². The maximum atomic E-state index is 11.6. The number of carboxylic acids is 2. The van der Waals surface area contributed by atoms with Gasteiger partial charge in [0.2, 0.25) is 0 Å². The minimum atomic E-state index is -0.885. The van der Waals surface area contributed by atoms with Crippen molar-refractivity contribution in [1.82, 2.24) is 19.9 Å². The van der Waals surface area contributed by atoms with Gasteiger partial charge in [0.25, 0.3) is 0 Å². The standard InChI is InChI=1S/C35H36N4O4/c1-7-21-18(4)26-14-27-19(5)24(10-12-34(40)41)32(37-27)17-33-25(11-13-35(42)43)20(6)28(38-33)15-30-22(8-2)23(9-3)31(39-30)16-29(21)36-26/h7-8,14-17,38-39H,1-2,9-13H2,3-6H3,(H,40,41)(H,42,43). The van der Waals surface area contributed by atoms with Gasteiger partial charge in [0, 0.05) is 46.0 Å². The highest BCUT2D eigenvalue weighted by Gasteiger charge is 2.21. The highest BCUT2D eigenvalue weighted by molar-refractivity contribution is 5.98. The molecule has 2 aliphatic heterocycles. The van der Waals surface area contributed by atoms with E-state index in [-0.39, 0.29) is 12.8 Å². The summed E-state index contributed by atoms with van der Waals surface area (Å²) < 4.78 is 0. The van der Waals surface area contributed by atoms with E-state index < -0.39 is 11.9 Å². The van der Waals surface area contributed by atoms with Crippen molar-refractivity contribution in [2.75, 3.05) is 0 Å². The molecule has 220 valence electrons. The molecule has 0 aliphatic carbocycles. The van der Waals surface area contributed by atoms with Crippen molar-refractivity contribution >= 4 is 62.4 Å². The van der Waals surface area contributed by atoms with E-state index in [0.717, 1.165) is 84.4 Å². The number of carboxylic acid groups (broad SMARTS) is 2. The van der Waals surface area contributed by atoms with Gasteiger partial charge in [-0.2, -0.15) is 0 Å². The number of H-pyrrole nitrogens is 2. The van der Waals surface area contributed by atoms with Crippen molar-refractivity contribution in [2.45, 2.75) is 59.8 Å². The first-order valence-electron chi connectivity index (χ1n) is 14.4. The summed E-state index contributed by atoms with van der Waals surface area (Å²) in [6.45, 7) is 16.2. The van der Waals surface area contributed by atoms with Gasteiger partial charge in [-0.15, -0.1) is 0 Å². The molecule has 4 N–H and O–H groups in total. The van der Waals surface area contributed by atoms with Crippen LogP contribution in [0.15, 0.2) is 43.5 Å². The number of aromatic nitrogens is 4. The van der Waals surface area contributed by atoms with Crippen molar-refractivity contribution in [1.29, 1.82) is 0 Å². The second-order valence-electron chi connectivity index (χ2n) is 10.9. The zero-order chi connectivity index (χ0) is 31.0. The Labute approximate surface area is 250 Å². The van der Waals surface area contributed by atoms with E-state index in [2.05, 4.69) is 30.0 Å². The quantitative estimate of drug-likeness (QED) is 0.206. The molecule has 0 unspecified atom stereocenters. The van der Waals surface area contributed by atoms with Gasteiger partial charge in [-0.05, 0) is 97.7 Å². The largest absolute Gasteiger partial charge is 0.481 e. The Morgan fingerprint density at radius 2 is 1.35 bits per heavy atom. The number of aryl methyl sites for hydroxylation is 3. The Kier molecular flexibility index (Phi) is 8.04. The fourth-order valence-electron chi connectivity index (χ4n) is 6.04. The number of fused-ring (bicyclic) bond motifs is 8. The highest BCUT2D eigenvalue weighted by Crippen LogP contribution is 2.37. The molecule has 0 saturated heterocycles. The maximum Gasteiger partial charge on any atom is 0.303 e. The lowest BCUT2D eigenvalue weighted by atomic mass is 10.00. The third kappa shape index (κ3) is 5.48. The SMILES string of the molecule is C=CC1=C(C)c2cc3nc(cc4[nH]c(cc5[nH]c(cc1n2)c(CC)c5C=C)c(C)c4CCC(=O)O)C(CCC(=O)O)=C3C. The average Bonchev–Trinajstić information content (AvgIpc) is 3.63. The number of nitrogens with one attached hydrogen (secondary N) is 2. The van der Waals surface area contributed by atoms with Crippen LogP contribution in [0, 0.1) is 6.92 Å². The molecule has 8 bridgehead atoms. The van der Waals surface area contributed by atoms with Gasteiger partial charge in [0.05, 0.1) is 22.8 Å². The van der Waals surface area contributed by atoms with E-state index in [1.165, 1.54) is 0 Å². The molecule has 2 aliphatic rings. The van der Waals surface area contributed by atoms with Crippen LogP contribution in [0.5, 0.6) is 0 Å². The van der Waals surface area contributed by atoms with Crippen molar-refractivity contribution < 1.29 is 19.8 Å². The first-order chi connectivity index (χ1) is 20.6. The van der Waals surface area contributed by atoms with Crippen molar-refractivity contribution in [3.8, 4) is 0 Å². The maximum absolute atomic E-state index is 11.6. The van der Waals surface area contributed by atoms with Crippen LogP contribution in [0.2, 0.25) is 0 Å². The highest BCUT2D eigenvalue weighted by atomic mass is 16.4. The molecule has 0 spiro atoms. The number of rotatable bonds is 9. The molecule has 0 fully saturated rings. The van der Waals surface area contributed by atoms with Crippen molar-refractivity contribution in [2.24, 2.45) is 0 Å². The number of hydrogen-bond acceptors (Lipinski definition) is 4. The lowest BCUT2D eigenvalue weighted by Gasteiger charge is -2.03. The van der Waals surface area contributed by atoms with Gasteiger partial charge in [0.1, 0.15) is 0 Å². The van der Waals surface area contributed by atoms with Gasteiger partial charge in [-0.1, -0.05) is 32.2 Å². The van der Waals surface area contributed by atoms with Crippen LogP contribution in [0.1, 0.15) is 85.1 Å². The van der Waals surface area contributed by atoms with Gasteiger partial charge in [-0.3, -0.25) is 9.59 Å². The molecule has 5 heterocycles. The molecule has 43 heavy (non-hydrogen) atoms. The summed E-state index contributed by atoms with van der Waals surface area (Å²) >= 11 is 0. The molecule has 0 saturated carbocycles. The number of nitrogens with zero attached hydrogens (tertiary/aromatic N) is 2. The van der Waals surface area contributed by atoms with Crippen LogP contribution in [0.4, 0.5) is 0 Å². The summed E-state index contributed by atoms with van der Waals surface area (Å²) in [5.74, 6) is -1.76. The third-order valence-electron chi connectivity index (χ3n) is 8.42. The molecule has 8 nitrogen and oxygen atoms in total. The lowest BCUT2D eigenvalue weighted by Crippen LogP contribution is -1.98. The number of hydrogen-bond donors (Lipinski definition) is 4. The summed E-state index contributed by atoms with van der Waals surface area (Å²) in [6, 6.07) is 7.95. The number of allylic oxidation sites excluding steroid dienone is 5. The van der Waals surface area contributed by atoms with E-state index in [9.17, 15) is 19.8 Å². The molecule has 0 aromatic carbocycles. The summed E-state index contributed by atoms with van der Waals surface area (Å²) in [5.41, 5.74) is 13.9. The Morgan fingerprint density at radius 1 is 0.744 bits per heavy atom. The number of aliphatic carboxylic acids is 2. The van der Waals surface area contributed by atoms with Crippen LogP contribution in [-0.2, 0) is 22.4 Å². The fourth-order valence-corrected chi connectivity index (χ4v) is 6.04. The smallest absolute Gasteiger partial charge is 0.303 e. The molecule has 0 amide bonds. The van der Waals surface area contributed by atoms with Gasteiger partial charge >= 0.3 is 11.9 Å². The van der Waals surface area contributed by atoms with Crippen LogP contribution in [-0.4, -0.2) is 42.1 Å². The molecule has 8 heteroatoms. The Morgan fingerprint density at radius 3 is 2.00 bits per heavy atom. The predicted octanol–water partition coefficient (Wildman–Crippen LogP) is 7.76. The summed E-state index contributed by atoms with van der Waals surface area (Å²) in [6.07, 6.45) is 5.05. The topological polar surface area (TPSA) is 132 Å². The minimum absolute atomic E-state index is 0.0213. The first kappa shape index (κ1) is 29.5. The van der Waals surface area contributed by atoms with Crippen LogP contribution in [0.3, 0.4) is 0 Å². The summed E-state index contributed by atoms with van der Waals surface area (Å²) in [4.78, 5) is 40.2. The molecule has 0 radical (unpaired) electrons. The summed E-state index contributed by atoms with van der Waals surface area (Å²) in [7, 11) is 0. The monoisotopic (exact) mass is 576 g/mol. The second kappa shape index (κ2) is 11.7. The third-order valence-corrected chi connectivity index (χ3v) is 8.42. The second-order valence-corrected chi connectivity index (χ2v) is 10.9. The van der Waals surface area contributed by atoms with E-state index in [0.29, 0.717) is 24.2 Å². The number of carbonyl (C=O) groups is 2. The van der Waals surface area contributed by atoms with Crippen LogP contribution in [0.25, 0.3) is 50.4 Å². The Balaban J connectivity index is 1.96. The molecule has 3 aromatic rings. The molecule has 0 atom stereocenters. The van der Waals surface area contributed by atoms with E-state index in [1.54, 1.807) is 0 Å². The van der Waals surface area contributed by atoms with E-state index in [4.69, 9.17) is 9.97 Å².